The molecule has 0 spiro atoms. The molecule has 1 aromatic heterocycles. The van der Waals surface area contributed by atoms with Crippen molar-refractivity contribution >= 4 is 11.0 Å². The highest BCUT2D eigenvalue weighted by atomic mass is 16.3. The summed E-state index contributed by atoms with van der Waals surface area (Å²) in [6.07, 6.45) is 2.45. The second kappa shape index (κ2) is 4.10. The van der Waals surface area contributed by atoms with Crippen molar-refractivity contribution in [2.75, 3.05) is 0 Å². The van der Waals surface area contributed by atoms with E-state index in [9.17, 15) is 5.11 Å². The van der Waals surface area contributed by atoms with E-state index in [0.717, 1.165) is 16.9 Å². The van der Waals surface area contributed by atoms with Crippen LogP contribution in [-0.2, 0) is 0 Å². The van der Waals surface area contributed by atoms with Gasteiger partial charge in [-0.25, -0.2) is 4.98 Å². The van der Waals surface area contributed by atoms with Crippen LogP contribution in [0.1, 0.15) is 24.4 Å². The van der Waals surface area contributed by atoms with Crippen LogP contribution >= 0.6 is 0 Å². The van der Waals surface area contributed by atoms with Crippen LogP contribution in [0.15, 0.2) is 42.5 Å². The fourth-order valence-electron chi connectivity index (χ4n) is 2.73. The summed E-state index contributed by atoms with van der Waals surface area (Å²) in [6, 6.07) is 14.3. The third-order valence-corrected chi connectivity index (χ3v) is 3.88. The molecule has 0 atom stereocenters. The summed E-state index contributed by atoms with van der Waals surface area (Å²) in [4.78, 5) is 4.82. The van der Waals surface area contributed by atoms with E-state index in [-0.39, 0.29) is 0 Å². The molecule has 100 valence electrons. The van der Waals surface area contributed by atoms with Gasteiger partial charge in [-0.3, -0.25) is 0 Å². The maximum Gasteiger partial charge on any atom is 0.141 e. The van der Waals surface area contributed by atoms with E-state index in [1.807, 2.05) is 12.1 Å². The molecule has 2 aromatic carbocycles. The lowest BCUT2D eigenvalue weighted by Gasteiger charge is -2.07. The first kappa shape index (κ1) is 11.5. The normalized spacial score (nSPS) is 14.8. The van der Waals surface area contributed by atoms with Gasteiger partial charge in [0.1, 0.15) is 11.6 Å². The first-order chi connectivity index (χ1) is 9.72. The predicted octanol–water partition coefficient (Wildman–Crippen LogP) is 4.05. The van der Waals surface area contributed by atoms with Gasteiger partial charge in [-0.1, -0.05) is 6.07 Å². The zero-order chi connectivity index (χ0) is 13.7. The molecule has 1 heterocycles. The molecule has 1 N–H and O–H groups in total. The molecule has 0 amide bonds. The lowest BCUT2D eigenvalue weighted by Crippen LogP contribution is -1.97. The third-order valence-electron chi connectivity index (χ3n) is 3.88. The number of hydrogen-bond donors (Lipinski definition) is 1. The summed E-state index contributed by atoms with van der Waals surface area (Å²) >= 11 is 0. The Kier molecular flexibility index (Phi) is 2.36. The maximum atomic E-state index is 9.44. The van der Waals surface area contributed by atoms with Crippen molar-refractivity contribution in [3.8, 4) is 17.1 Å². The highest BCUT2D eigenvalue weighted by molar-refractivity contribution is 5.81. The molecule has 0 saturated heterocycles. The van der Waals surface area contributed by atoms with E-state index in [0.29, 0.717) is 11.8 Å². The summed E-state index contributed by atoms with van der Waals surface area (Å²) in [5, 5.41) is 9.44. The standard InChI is InChI=1S/C17H16N2O/c1-11-2-9-16-15(10-11)18-17(19(16)13-5-6-13)12-3-7-14(20)8-4-12/h2-4,7-10,13,20H,5-6H2,1H3. The van der Waals surface area contributed by atoms with Gasteiger partial charge in [0.25, 0.3) is 0 Å². The zero-order valence-electron chi connectivity index (χ0n) is 11.4. The molecule has 1 aliphatic rings. The second-order valence-corrected chi connectivity index (χ2v) is 5.58. The number of fused-ring (bicyclic) bond motifs is 1. The number of phenols is 1. The number of aromatic hydroxyl groups is 1. The monoisotopic (exact) mass is 264 g/mol. The molecule has 1 fully saturated rings. The molecule has 0 radical (unpaired) electrons. The van der Waals surface area contributed by atoms with Crippen molar-refractivity contribution < 1.29 is 5.11 Å². The lowest BCUT2D eigenvalue weighted by atomic mass is 10.2. The van der Waals surface area contributed by atoms with Crippen molar-refractivity contribution in [2.45, 2.75) is 25.8 Å². The minimum Gasteiger partial charge on any atom is -0.508 e. The van der Waals surface area contributed by atoms with Crippen LogP contribution in [-0.4, -0.2) is 14.7 Å². The van der Waals surface area contributed by atoms with Crippen LogP contribution in [0.4, 0.5) is 0 Å². The summed E-state index contributed by atoms with van der Waals surface area (Å²) in [7, 11) is 0. The Morgan fingerprint density at radius 1 is 1.10 bits per heavy atom. The van der Waals surface area contributed by atoms with Crippen molar-refractivity contribution in [1.82, 2.24) is 9.55 Å². The van der Waals surface area contributed by atoms with Gasteiger partial charge in [0.05, 0.1) is 11.0 Å². The van der Waals surface area contributed by atoms with Crippen molar-refractivity contribution in [1.29, 1.82) is 0 Å². The van der Waals surface area contributed by atoms with Crippen LogP contribution in [0, 0.1) is 6.92 Å². The molecule has 3 heteroatoms. The Bertz CT molecular complexity index is 783. The van der Waals surface area contributed by atoms with E-state index < -0.39 is 0 Å². The van der Waals surface area contributed by atoms with Crippen LogP contribution < -0.4 is 0 Å². The molecule has 0 bridgehead atoms. The van der Waals surface area contributed by atoms with E-state index in [2.05, 4.69) is 29.7 Å². The third kappa shape index (κ3) is 1.78. The van der Waals surface area contributed by atoms with E-state index in [4.69, 9.17) is 4.98 Å². The lowest BCUT2D eigenvalue weighted by molar-refractivity contribution is 0.475. The molecule has 1 aliphatic carbocycles. The molecular formula is C17H16N2O. The maximum absolute atomic E-state index is 9.44. The minimum atomic E-state index is 0.290. The quantitative estimate of drug-likeness (QED) is 0.758. The second-order valence-electron chi connectivity index (χ2n) is 5.58. The Morgan fingerprint density at radius 3 is 2.55 bits per heavy atom. The highest BCUT2D eigenvalue weighted by Gasteiger charge is 2.28. The van der Waals surface area contributed by atoms with Gasteiger partial charge in [0.15, 0.2) is 0 Å². The first-order valence-corrected chi connectivity index (χ1v) is 7.00. The van der Waals surface area contributed by atoms with Gasteiger partial charge in [-0.05, 0) is 61.7 Å². The van der Waals surface area contributed by atoms with Crippen LogP contribution in [0.3, 0.4) is 0 Å². The van der Waals surface area contributed by atoms with Crippen LogP contribution in [0.5, 0.6) is 5.75 Å². The number of aromatic nitrogens is 2. The van der Waals surface area contributed by atoms with Crippen molar-refractivity contribution in [2.24, 2.45) is 0 Å². The van der Waals surface area contributed by atoms with Crippen molar-refractivity contribution in [3.63, 3.8) is 0 Å². The fourth-order valence-corrected chi connectivity index (χ4v) is 2.73. The molecule has 3 nitrogen and oxygen atoms in total. The van der Waals surface area contributed by atoms with Gasteiger partial charge in [-0.15, -0.1) is 0 Å². The van der Waals surface area contributed by atoms with E-state index >= 15 is 0 Å². The van der Waals surface area contributed by atoms with Crippen molar-refractivity contribution in [3.05, 3.63) is 48.0 Å². The molecule has 0 aliphatic heterocycles. The molecular weight excluding hydrogens is 248 g/mol. The average molecular weight is 264 g/mol. The summed E-state index contributed by atoms with van der Waals surface area (Å²) in [5.74, 6) is 1.30. The molecule has 1 saturated carbocycles. The number of aryl methyl sites for hydroxylation is 1. The molecule has 3 aromatic rings. The number of benzene rings is 2. The molecule has 0 unspecified atom stereocenters. The number of nitrogens with zero attached hydrogens (tertiary/aromatic N) is 2. The largest absolute Gasteiger partial charge is 0.508 e. The zero-order valence-corrected chi connectivity index (χ0v) is 11.4. The summed E-state index contributed by atoms with van der Waals surface area (Å²) < 4.78 is 2.35. The van der Waals surface area contributed by atoms with Gasteiger partial charge in [-0.2, -0.15) is 0 Å². The summed E-state index contributed by atoms with van der Waals surface area (Å²) in [5.41, 5.74) is 4.56. The van der Waals surface area contributed by atoms with Crippen LogP contribution in [0.2, 0.25) is 0 Å². The van der Waals surface area contributed by atoms with Gasteiger partial charge in [0, 0.05) is 11.6 Å². The molecule has 4 rings (SSSR count). The number of imidazole rings is 1. The predicted molar refractivity (Wildman–Crippen MR) is 79.8 cm³/mol. The van der Waals surface area contributed by atoms with E-state index in [1.165, 1.54) is 23.9 Å². The fraction of sp³-hybridized carbons (Fsp3) is 0.235. The topological polar surface area (TPSA) is 38.1 Å². The Morgan fingerprint density at radius 2 is 1.85 bits per heavy atom. The smallest absolute Gasteiger partial charge is 0.141 e. The van der Waals surface area contributed by atoms with E-state index in [1.54, 1.807) is 12.1 Å². The number of phenolic OH excluding ortho intramolecular Hbond substituents is 1. The molecule has 20 heavy (non-hydrogen) atoms. The first-order valence-electron chi connectivity index (χ1n) is 7.00. The average Bonchev–Trinajstić information content (AvgIpc) is 3.20. The minimum absolute atomic E-state index is 0.290. The van der Waals surface area contributed by atoms with Crippen LogP contribution in [0.25, 0.3) is 22.4 Å². The van der Waals surface area contributed by atoms with Gasteiger partial charge in [0.2, 0.25) is 0 Å². The number of rotatable bonds is 2. The Labute approximate surface area is 117 Å². The van der Waals surface area contributed by atoms with Gasteiger partial charge >= 0.3 is 0 Å². The SMILES string of the molecule is Cc1ccc2c(c1)nc(-c1ccc(O)cc1)n2C1CC1. The van der Waals surface area contributed by atoms with Gasteiger partial charge < -0.3 is 9.67 Å². The number of hydrogen-bond acceptors (Lipinski definition) is 2. The highest BCUT2D eigenvalue weighted by Crippen LogP contribution is 2.41. The summed E-state index contributed by atoms with van der Waals surface area (Å²) in [6.45, 7) is 2.09. The Hall–Kier alpha value is -2.29. The Balaban J connectivity index is 1.97.